The highest BCUT2D eigenvalue weighted by Gasteiger charge is 2.47. The molecule has 8 heteroatoms. The maximum atomic E-state index is 11.6. The molecular formula is C15H17N3O5. The van der Waals surface area contributed by atoms with E-state index in [0.717, 1.165) is 0 Å². The number of hydrogen-bond donors (Lipinski definition) is 1. The van der Waals surface area contributed by atoms with Crippen LogP contribution in [0, 0.1) is 0 Å². The lowest BCUT2D eigenvalue weighted by atomic mass is 9.86. The van der Waals surface area contributed by atoms with E-state index in [1.165, 1.54) is 13.8 Å². The average molecular weight is 319 g/mol. The van der Waals surface area contributed by atoms with Crippen molar-refractivity contribution >= 4 is 22.9 Å². The molecule has 1 aliphatic rings. The summed E-state index contributed by atoms with van der Waals surface area (Å²) in [6, 6.07) is 2.85. The normalized spacial score (nSPS) is 22.1. The lowest BCUT2D eigenvalue weighted by molar-refractivity contribution is -0.164. The molecule has 0 radical (unpaired) electrons. The summed E-state index contributed by atoms with van der Waals surface area (Å²) in [6.07, 6.45) is -0.686. The van der Waals surface area contributed by atoms with Crippen molar-refractivity contribution in [2.75, 3.05) is 0 Å². The fourth-order valence-corrected chi connectivity index (χ4v) is 2.83. The van der Waals surface area contributed by atoms with Crippen molar-refractivity contribution in [2.24, 2.45) is 0 Å². The van der Waals surface area contributed by atoms with Crippen LogP contribution in [0.4, 0.5) is 0 Å². The number of amides is 1. The molecule has 8 nitrogen and oxygen atoms in total. The van der Waals surface area contributed by atoms with Gasteiger partial charge in [-0.15, -0.1) is 0 Å². The third-order valence-electron chi connectivity index (χ3n) is 3.73. The van der Waals surface area contributed by atoms with Crippen LogP contribution in [0.15, 0.2) is 16.8 Å². The molecule has 122 valence electrons. The fraction of sp³-hybridized carbons (Fsp3) is 0.467. The van der Waals surface area contributed by atoms with Gasteiger partial charge in [0.05, 0.1) is 6.04 Å². The van der Waals surface area contributed by atoms with E-state index < -0.39 is 23.7 Å². The summed E-state index contributed by atoms with van der Waals surface area (Å²) < 4.78 is 16.1. The van der Waals surface area contributed by atoms with Crippen molar-refractivity contribution in [3.8, 4) is 5.75 Å². The highest BCUT2D eigenvalue weighted by atomic mass is 16.6. The summed E-state index contributed by atoms with van der Waals surface area (Å²) in [7, 11) is 0. The number of nitrogens with one attached hydrogen (secondary N) is 1. The number of benzene rings is 1. The van der Waals surface area contributed by atoms with Crippen LogP contribution in [0.1, 0.15) is 39.3 Å². The second kappa shape index (κ2) is 5.22. The summed E-state index contributed by atoms with van der Waals surface area (Å²) in [5.41, 5.74) is 0.904. The summed E-state index contributed by atoms with van der Waals surface area (Å²) in [6.45, 7) is 6.32. The van der Waals surface area contributed by atoms with Crippen LogP contribution in [0.5, 0.6) is 5.75 Å². The van der Waals surface area contributed by atoms with E-state index in [2.05, 4.69) is 15.6 Å². The van der Waals surface area contributed by atoms with Gasteiger partial charge in [0, 0.05) is 25.5 Å². The summed E-state index contributed by atoms with van der Waals surface area (Å²) in [5.74, 6) is -0.149. The third kappa shape index (κ3) is 2.71. The van der Waals surface area contributed by atoms with Crippen molar-refractivity contribution in [1.29, 1.82) is 0 Å². The fourth-order valence-electron chi connectivity index (χ4n) is 2.83. The zero-order chi connectivity index (χ0) is 16.8. The largest absolute Gasteiger partial charge is 0.483 e. The number of carbonyl (C=O) groups excluding carboxylic acids is 2. The Bertz CT molecular complexity index is 783. The monoisotopic (exact) mass is 319 g/mol. The molecule has 2 atom stereocenters. The van der Waals surface area contributed by atoms with E-state index in [-0.39, 0.29) is 5.91 Å². The minimum atomic E-state index is -0.837. The predicted octanol–water partition coefficient (Wildman–Crippen LogP) is 1.50. The molecule has 1 aliphatic heterocycles. The Balaban J connectivity index is 2.15. The molecular weight excluding hydrogens is 302 g/mol. The number of hydrogen-bond acceptors (Lipinski definition) is 7. The van der Waals surface area contributed by atoms with Gasteiger partial charge in [0.25, 0.3) is 0 Å². The summed E-state index contributed by atoms with van der Waals surface area (Å²) in [5, 5.41) is 10.4. The number of aromatic nitrogens is 2. The van der Waals surface area contributed by atoms with Crippen molar-refractivity contribution in [2.45, 2.75) is 45.4 Å². The average Bonchev–Trinajstić information content (AvgIpc) is 2.86. The van der Waals surface area contributed by atoms with Crippen LogP contribution in [-0.4, -0.2) is 33.9 Å². The minimum Gasteiger partial charge on any atom is -0.483 e. The van der Waals surface area contributed by atoms with Crippen molar-refractivity contribution in [3.05, 3.63) is 17.7 Å². The number of ether oxygens (including phenoxy) is 2. The quantitative estimate of drug-likeness (QED) is 0.836. The van der Waals surface area contributed by atoms with E-state index in [9.17, 15) is 9.59 Å². The molecule has 0 bridgehead atoms. The SMILES string of the molecule is CC(=O)NC1c2cc3nonc3cc2OC(C)(C)C1OC(C)=O. The lowest BCUT2D eigenvalue weighted by Crippen LogP contribution is -2.55. The van der Waals surface area contributed by atoms with Gasteiger partial charge in [-0.3, -0.25) is 9.59 Å². The van der Waals surface area contributed by atoms with E-state index >= 15 is 0 Å². The summed E-state index contributed by atoms with van der Waals surface area (Å²) in [4.78, 5) is 23.1. The van der Waals surface area contributed by atoms with Gasteiger partial charge in [0.2, 0.25) is 5.91 Å². The minimum absolute atomic E-state index is 0.242. The molecule has 0 spiro atoms. The zero-order valence-corrected chi connectivity index (χ0v) is 13.2. The van der Waals surface area contributed by atoms with Gasteiger partial charge >= 0.3 is 5.97 Å². The predicted molar refractivity (Wildman–Crippen MR) is 78.6 cm³/mol. The maximum Gasteiger partial charge on any atom is 0.303 e. The van der Waals surface area contributed by atoms with Gasteiger partial charge in [0.1, 0.15) is 22.4 Å². The maximum absolute atomic E-state index is 11.6. The Kier molecular flexibility index (Phi) is 3.46. The van der Waals surface area contributed by atoms with Gasteiger partial charge in [0.15, 0.2) is 6.10 Å². The van der Waals surface area contributed by atoms with Gasteiger partial charge in [-0.2, -0.15) is 0 Å². The van der Waals surface area contributed by atoms with Crippen LogP contribution in [-0.2, 0) is 14.3 Å². The molecule has 0 fully saturated rings. The van der Waals surface area contributed by atoms with Crippen molar-refractivity contribution in [3.63, 3.8) is 0 Å². The standard InChI is InChI=1S/C15H17N3O5/c1-7(19)16-13-9-5-10-11(18-23-17-10)6-12(9)22-15(3,4)14(13)21-8(2)20/h5-6,13-14H,1-4H3,(H,16,19). The van der Waals surface area contributed by atoms with Crippen LogP contribution >= 0.6 is 0 Å². The molecule has 1 aromatic heterocycles. The topological polar surface area (TPSA) is 104 Å². The van der Waals surface area contributed by atoms with Crippen LogP contribution in [0.25, 0.3) is 11.0 Å². The lowest BCUT2D eigenvalue weighted by Gasteiger charge is -2.43. The molecule has 2 aromatic rings. The molecule has 0 saturated heterocycles. The van der Waals surface area contributed by atoms with Crippen LogP contribution in [0.2, 0.25) is 0 Å². The molecule has 1 N–H and O–H groups in total. The van der Waals surface area contributed by atoms with Gasteiger partial charge < -0.3 is 14.8 Å². The zero-order valence-electron chi connectivity index (χ0n) is 13.2. The number of nitrogens with zero attached hydrogens (tertiary/aromatic N) is 2. The van der Waals surface area contributed by atoms with E-state index in [4.69, 9.17) is 14.1 Å². The first kappa shape index (κ1) is 15.3. The van der Waals surface area contributed by atoms with E-state index in [1.54, 1.807) is 26.0 Å². The molecule has 1 amide bonds. The molecule has 0 saturated carbocycles. The van der Waals surface area contributed by atoms with Gasteiger partial charge in [-0.05, 0) is 30.2 Å². The molecule has 2 unspecified atom stereocenters. The highest BCUT2D eigenvalue weighted by Crippen LogP contribution is 2.42. The first-order valence-corrected chi connectivity index (χ1v) is 7.17. The van der Waals surface area contributed by atoms with Gasteiger partial charge in [-0.1, -0.05) is 0 Å². The van der Waals surface area contributed by atoms with Crippen LogP contribution < -0.4 is 10.1 Å². The number of carbonyl (C=O) groups is 2. The Morgan fingerprint density at radius 3 is 2.48 bits per heavy atom. The third-order valence-corrected chi connectivity index (χ3v) is 3.73. The van der Waals surface area contributed by atoms with Crippen molar-refractivity contribution < 1.29 is 23.7 Å². The molecule has 1 aromatic carbocycles. The Labute approximate surface area is 132 Å². The van der Waals surface area contributed by atoms with E-state index in [0.29, 0.717) is 22.3 Å². The Morgan fingerprint density at radius 2 is 1.87 bits per heavy atom. The first-order chi connectivity index (χ1) is 10.8. The van der Waals surface area contributed by atoms with Crippen LogP contribution in [0.3, 0.4) is 0 Å². The summed E-state index contributed by atoms with van der Waals surface area (Å²) >= 11 is 0. The first-order valence-electron chi connectivity index (χ1n) is 7.17. The molecule has 3 rings (SSSR count). The molecule has 23 heavy (non-hydrogen) atoms. The number of rotatable bonds is 2. The number of esters is 1. The van der Waals surface area contributed by atoms with Crippen molar-refractivity contribution in [1.82, 2.24) is 15.6 Å². The number of fused-ring (bicyclic) bond motifs is 2. The smallest absolute Gasteiger partial charge is 0.303 e. The molecule has 2 heterocycles. The Hall–Kier alpha value is -2.64. The second-order valence-electron chi connectivity index (χ2n) is 6.06. The Morgan fingerprint density at radius 1 is 1.22 bits per heavy atom. The van der Waals surface area contributed by atoms with E-state index in [1.807, 2.05) is 0 Å². The van der Waals surface area contributed by atoms with Gasteiger partial charge in [-0.25, -0.2) is 4.63 Å². The second-order valence-corrected chi connectivity index (χ2v) is 6.06. The highest BCUT2D eigenvalue weighted by molar-refractivity contribution is 5.79. The molecule has 0 aliphatic carbocycles.